The van der Waals surface area contributed by atoms with E-state index in [1.165, 1.54) is 18.3 Å². The molecule has 16 heavy (non-hydrogen) atoms. The van der Waals surface area contributed by atoms with Gasteiger partial charge < -0.3 is 10.0 Å². The van der Waals surface area contributed by atoms with Gasteiger partial charge >= 0.3 is 5.97 Å². The summed E-state index contributed by atoms with van der Waals surface area (Å²) in [7, 11) is 3.86. The summed E-state index contributed by atoms with van der Waals surface area (Å²) >= 11 is 1.17. The number of aromatic carboxylic acids is 1. The monoisotopic (exact) mass is 242 g/mol. The molecule has 1 N–H and O–H groups in total. The smallest absolute Gasteiger partial charge is 0.356 e. The lowest BCUT2D eigenvalue weighted by atomic mass is 10.3. The molecule has 0 spiro atoms. The average molecular weight is 242 g/mol. The van der Waals surface area contributed by atoms with Gasteiger partial charge in [0.25, 0.3) is 0 Å². The number of carboxylic acid groups (broad SMARTS) is 1. The van der Waals surface area contributed by atoms with E-state index in [1.54, 1.807) is 0 Å². The highest BCUT2D eigenvalue weighted by molar-refractivity contribution is 7.14. The summed E-state index contributed by atoms with van der Waals surface area (Å²) in [5.41, 5.74) is -0.119. The van der Waals surface area contributed by atoms with Crippen molar-refractivity contribution in [1.82, 2.24) is 9.88 Å². The van der Waals surface area contributed by atoms with E-state index in [-0.39, 0.29) is 16.4 Å². The number of Topliss-reactive ketones (excluding diaryl/α,β-unsaturated/α-hetero) is 1. The van der Waals surface area contributed by atoms with Crippen LogP contribution in [0.2, 0.25) is 0 Å². The van der Waals surface area contributed by atoms with Crippen molar-refractivity contribution in [3.8, 4) is 0 Å². The van der Waals surface area contributed by atoms with Gasteiger partial charge in [-0.1, -0.05) is 0 Å². The lowest BCUT2D eigenvalue weighted by Gasteiger charge is -2.06. The van der Waals surface area contributed by atoms with Crippen molar-refractivity contribution in [2.24, 2.45) is 0 Å². The van der Waals surface area contributed by atoms with Gasteiger partial charge in [-0.2, -0.15) is 0 Å². The number of ketones is 1. The van der Waals surface area contributed by atoms with Gasteiger partial charge in [-0.15, -0.1) is 11.3 Å². The first-order valence-electron chi connectivity index (χ1n) is 4.80. The normalized spacial score (nSPS) is 10.8. The van der Waals surface area contributed by atoms with Crippen molar-refractivity contribution in [2.45, 2.75) is 13.3 Å². The fourth-order valence-corrected chi connectivity index (χ4v) is 2.11. The van der Waals surface area contributed by atoms with Gasteiger partial charge in [-0.3, -0.25) is 4.79 Å². The standard InChI is InChI=1S/C10H14N2O3S/c1-6(13)9-8(10(14)15)11-7(16-9)4-5-12(2)3/h4-5H2,1-3H3,(H,14,15). The lowest BCUT2D eigenvalue weighted by molar-refractivity contribution is 0.0687. The van der Waals surface area contributed by atoms with E-state index >= 15 is 0 Å². The van der Waals surface area contributed by atoms with Crippen LogP contribution in [-0.4, -0.2) is 47.4 Å². The molecule has 0 saturated heterocycles. The number of hydrogen-bond donors (Lipinski definition) is 1. The maximum Gasteiger partial charge on any atom is 0.356 e. The van der Waals surface area contributed by atoms with Crippen LogP contribution in [0.5, 0.6) is 0 Å². The third-order valence-electron chi connectivity index (χ3n) is 1.97. The van der Waals surface area contributed by atoms with E-state index in [0.29, 0.717) is 11.4 Å². The van der Waals surface area contributed by atoms with Crippen LogP contribution in [0, 0.1) is 0 Å². The Kier molecular flexibility index (Phi) is 4.14. The van der Waals surface area contributed by atoms with Crippen molar-refractivity contribution < 1.29 is 14.7 Å². The molecule has 0 atom stereocenters. The summed E-state index contributed by atoms with van der Waals surface area (Å²) in [5, 5.41) is 9.58. The van der Waals surface area contributed by atoms with E-state index in [9.17, 15) is 9.59 Å². The highest BCUT2D eigenvalue weighted by atomic mass is 32.1. The molecule has 1 heterocycles. The minimum atomic E-state index is -1.14. The number of hydrogen-bond acceptors (Lipinski definition) is 5. The second-order valence-corrected chi connectivity index (χ2v) is 4.78. The molecule has 0 radical (unpaired) electrons. The topological polar surface area (TPSA) is 70.5 Å². The van der Waals surface area contributed by atoms with Crippen LogP contribution >= 0.6 is 11.3 Å². The van der Waals surface area contributed by atoms with Crippen LogP contribution in [0.15, 0.2) is 0 Å². The fraction of sp³-hybridized carbons (Fsp3) is 0.500. The van der Waals surface area contributed by atoms with Gasteiger partial charge in [-0.05, 0) is 14.1 Å². The molecule has 5 nitrogen and oxygen atoms in total. The van der Waals surface area contributed by atoms with Crippen molar-refractivity contribution in [3.05, 3.63) is 15.6 Å². The van der Waals surface area contributed by atoms with Gasteiger partial charge in [0.2, 0.25) is 0 Å². The van der Waals surface area contributed by atoms with Gasteiger partial charge in [0.1, 0.15) is 4.88 Å². The molecule has 0 bridgehead atoms. The molecule has 1 rings (SSSR count). The summed E-state index contributed by atoms with van der Waals surface area (Å²) in [6, 6.07) is 0. The van der Waals surface area contributed by atoms with E-state index in [1.807, 2.05) is 19.0 Å². The SMILES string of the molecule is CC(=O)c1sc(CCN(C)C)nc1C(=O)O. The Morgan fingerprint density at radius 3 is 2.44 bits per heavy atom. The number of rotatable bonds is 5. The molecule has 88 valence electrons. The molecule has 6 heteroatoms. The average Bonchev–Trinajstić information content (AvgIpc) is 2.58. The van der Waals surface area contributed by atoms with Gasteiger partial charge in [-0.25, -0.2) is 9.78 Å². The predicted octanol–water partition coefficient (Wildman–Crippen LogP) is 1.15. The van der Waals surface area contributed by atoms with Crippen molar-refractivity contribution in [3.63, 3.8) is 0 Å². The molecule has 0 saturated carbocycles. The van der Waals surface area contributed by atoms with Crippen LogP contribution < -0.4 is 0 Å². The number of aromatic nitrogens is 1. The summed E-state index contributed by atoms with van der Waals surface area (Å²) in [6.07, 6.45) is 0.658. The van der Waals surface area contributed by atoms with Gasteiger partial charge in [0.15, 0.2) is 11.5 Å². The van der Waals surface area contributed by atoms with Crippen LogP contribution in [0.25, 0.3) is 0 Å². The Balaban J connectivity index is 2.93. The molecule has 0 unspecified atom stereocenters. The molecule has 0 aliphatic rings. The molecular weight excluding hydrogens is 228 g/mol. The van der Waals surface area contributed by atoms with Crippen LogP contribution in [0.1, 0.15) is 32.1 Å². The minimum absolute atomic E-state index is 0.119. The summed E-state index contributed by atoms with van der Waals surface area (Å²) in [4.78, 5) is 28.3. The number of nitrogens with zero attached hydrogens (tertiary/aromatic N) is 2. The molecule has 0 aliphatic heterocycles. The largest absolute Gasteiger partial charge is 0.476 e. The summed E-state index contributed by atoms with van der Waals surface area (Å²) in [6.45, 7) is 2.14. The van der Waals surface area contributed by atoms with E-state index in [2.05, 4.69) is 4.98 Å². The van der Waals surface area contributed by atoms with Crippen molar-refractivity contribution in [1.29, 1.82) is 0 Å². The van der Waals surface area contributed by atoms with Gasteiger partial charge in [0.05, 0.1) is 5.01 Å². The van der Waals surface area contributed by atoms with Crippen LogP contribution in [0.4, 0.5) is 0 Å². The van der Waals surface area contributed by atoms with E-state index in [4.69, 9.17) is 5.11 Å². The number of likely N-dealkylation sites (N-methyl/N-ethyl adjacent to an activating group) is 1. The first kappa shape index (κ1) is 12.8. The van der Waals surface area contributed by atoms with E-state index < -0.39 is 5.97 Å². The highest BCUT2D eigenvalue weighted by Gasteiger charge is 2.20. The Morgan fingerprint density at radius 1 is 1.44 bits per heavy atom. The Hall–Kier alpha value is -1.27. The third-order valence-corrected chi connectivity index (χ3v) is 3.18. The molecule has 0 amide bonds. The number of thiazole rings is 1. The molecule has 1 aromatic rings. The van der Waals surface area contributed by atoms with E-state index in [0.717, 1.165) is 6.54 Å². The molecule has 0 aliphatic carbocycles. The van der Waals surface area contributed by atoms with Crippen LogP contribution in [0.3, 0.4) is 0 Å². The first-order chi connectivity index (χ1) is 7.41. The quantitative estimate of drug-likeness (QED) is 0.784. The number of carbonyl (C=O) groups excluding carboxylic acids is 1. The van der Waals surface area contributed by atoms with Gasteiger partial charge in [0, 0.05) is 19.9 Å². The maximum absolute atomic E-state index is 11.2. The number of carbonyl (C=O) groups is 2. The summed E-state index contributed by atoms with van der Waals surface area (Å²) in [5.74, 6) is -1.39. The Morgan fingerprint density at radius 2 is 2.06 bits per heavy atom. The second-order valence-electron chi connectivity index (χ2n) is 3.70. The summed E-state index contributed by atoms with van der Waals surface area (Å²) < 4.78 is 0. The predicted molar refractivity (Wildman–Crippen MR) is 61.3 cm³/mol. The van der Waals surface area contributed by atoms with Crippen molar-refractivity contribution in [2.75, 3.05) is 20.6 Å². The molecule has 0 fully saturated rings. The lowest BCUT2D eigenvalue weighted by Crippen LogP contribution is -2.15. The Bertz CT molecular complexity index is 381. The zero-order valence-corrected chi connectivity index (χ0v) is 10.3. The van der Waals surface area contributed by atoms with Crippen molar-refractivity contribution >= 4 is 23.1 Å². The fourth-order valence-electron chi connectivity index (χ4n) is 1.17. The zero-order chi connectivity index (χ0) is 12.3. The maximum atomic E-state index is 11.2. The highest BCUT2D eigenvalue weighted by Crippen LogP contribution is 2.20. The molecular formula is C10H14N2O3S. The van der Waals surface area contributed by atoms with Crippen LogP contribution in [-0.2, 0) is 6.42 Å². The number of carboxylic acids is 1. The molecule has 1 aromatic heterocycles. The minimum Gasteiger partial charge on any atom is -0.476 e. The zero-order valence-electron chi connectivity index (χ0n) is 9.48. The Labute approximate surface area is 97.7 Å². The second kappa shape index (κ2) is 5.18. The third kappa shape index (κ3) is 3.11. The first-order valence-corrected chi connectivity index (χ1v) is 5.62. The molecule has 0 aromatic carbocycles.